The van der Waals surface area contributed by atoms with Crippen LogP contribution in [0.1, 0.15) is 5.56 Å². The Morgan fingerprint density at radius 2 is 1.96 bits per heavy atom. The minimum Gasteiger partial charge on any atom is -0.496 e. The molecule has 0 aliphatic carbocycles. The highest BCUT2D eigenvalue weighted by Gasteiger charge is 2.31. The van der Waals surface area contributed by atoms with E-state index in [4.69, 9.17) is 17.0 Å². The number of halogens is 1. The number of hydrogen-bond donors (Lipinski definition) is 1. The van der Waals surface area contributed by atoms with Crippen LogP contribution in [0.3, 0.4) is 0 Å². The summed E-state index contributed by atoms with van der Waals surface area (Å²) in [6.07, 6.45) is 1.74. The van der Waals surface area contributed by atoms with Gasteiger partial charge in [-0.2, -0.15) is 0 Å². The number of anilines is 1. The van der Waals surface area contributed by atoms with Gasteiger partial charge in [-0.05, 0) is 48.6 Å². The molecular weight excluding hydrogens is 376 g/mol. The average Bonchev–Trinajstić information content (AvgIpc) is 2.82. The minimum atomic E-state index is -0.191. The van der Waals surface area contributed by atoms with Crippen LogP contribution in [0.2, 0.25) is 0 Å². The fraction of sp³-hybridized carbons (Fsp3) is 0.0588. The van der Waals surface area contributed by atoms with Crippen molar-refractivity contribution in [1.29, 1.82) is 0 Å². The van der Waals surface area contributed by atoms with Crippen molar-refractivity contribution in [3.8, 4) is 5.75 Å². The number of nitrogens with one attached hydrogen (secondary N) is 1. The van der Waals surface area contributed by atoms with Crippen LogP contribution in [0.4, 0.5) is 5.69 Å². The topological polar surface area (TPSA) is 41.6 Å². The highest BCUT2D eigenvalue weighted by atomic mass is 79.9. The van der Waals surface area contributed by atoms with Gasteiger partial charge in [-0.25, -0.2) is 0 Å². The summed E-state index contributed by atoms with van der Waals surface area (Å²) in [5.41, 5.74) is 1.94. The van der Waals surface area contributed by atoms with E-state index in [2.05, 4.69) is 21.2 Å². The quantitative estimate of drug-likeness (QED) is 0.642. The van der Waals surface area contributed by atoms with E-state index in [0.717, 1.165) is 15.7 Å². The smallest absolute Gasteiger partial charge is 0.281 e. The summed E-state index contributed by atoms with van der Waals surface area (Å²) in [6, 6.07) is 14.9. The molecule has 2 aromatic carbocycles. The van der Waals surface area contributed by atoms with E-state index in [9.17, 15) is 4.79 Å². The fourth-order valence-electron chi connectivity index (χ4n) is 2.32. The van der Waals surface area contributed by atoms with Gasteiger partial charge in [0.1, 0.15) is 11.4 Å². The van der Waals surface area contributed by atoms with E-state index < -0.39 is 0 Å². The van der Waals surface area contributed by atoms with Crippen LogP contribution in [0, 0.1) is 0 Å². The Bertz CT molecular complexity index is 805. The number of benzene rings is 2. The Morgan fingerprint density at radius 3 is 2.65 bits per heavy atom. The number of para-hydroxylation sites is 1. The molecule has 1 saturated heterocycles. The zero-order chi connectivity index (χ0) is 16.4. The molecule has 23 heavy (non-hydrogen) atoms. The largest absolute Gasteiger partial charge is 0.496 e. The number of thiocarbonyl (C=S) groups is 1. The highest BCUT2D eigenvalue weighted by molar-refractivity contribution is 9.10. The predicted octanol–water partition coefficient (Wildman–Crippen LogP) is 3.72. The number of ether oxygens (including phenoxy) is 1. The van der Waals surface area contributed by atoms with Crippen LogP contribution in [-0.2, 0) is 4.79 Å². The Balaban J connectivity index is 1.98. The number of hydrogen-bond acceptors (Lipinski definition) is 3. The van der Waals surface area contributed by atoms with Crippen molar-refractivity contribution in [3.05, 3.63) is 64.3 Å². The first-order chi connectivity index (χ1) is 11.1. The van der Waals surface area contributed by atoms with Crippen molar-refractivity contribution in [1.82, 2.24) is 5.32 Å². The van der Waals surface area contributed by atoms with E-state index in [-0.39, 0.29) is 5.91 Å². The van der Waals surface area contributed by atoms with Crippen LogP contribution < -0.4 is 15.0 Å². The molecule has 116 valence electrons. The maximum atomic E-state index is 12.7. The van der Waals surface area contributed by atoms with Crippen molar-refractivity contribution in [3.63, 3.8) is 0 Å². The molecule has 1 amide bonds. The predicted molar refractivity (Wildman–Crippen MR) is 98.3 cm³/mol. The van der Waals surface area contributed by atoms with Crippen LogP contribution in [0.25, 0.3) is 6.08 Å². The molecule has 6 heteroatoms. The first-order valence-corrected chi connectivity index (χ1v) is 8.06. The van der Waals surface area contributed by atoms with E-state index >= 15 is 0 Å². The second-order valence-electron chi connectivity index (χ2n) is 4.85. The Hall–Kier alpha value is -2.18. The van der Waals surface area contributed by atoms with Crippen molar-refractivity contribution >= 4 is 50.9 Å². The SMILES string of the molecule is COc1ccc(Br)cc1/C=C1/NC(=S)N(c2ccccc2)C1=O. The third kappa shape index (κ3) is 3.13. The molecular formula is C17H13BrN2O2S. The van der Waals surface area contributed by atoms with Gasteiger partial charge in [0.05, 0.1) is 12.8 Å². The summed E-state index contributed by atoms with van der Waals surface area (Å²) < 4.78 is 6.23. The third-order valence-corrected chi connectivity index (χ3v) is 4.16. The van der Waals surface area contributed by atoms with Gasteiger partial charge in [-0.3, -0.25) is 9.69 Å². The van der Waals surface area contributed by atoms with Crippen molar-refractivity contribution in [2.24, 2.45) is 0 Å². The molecule has 0 saturated carbocycles. The van der Waals surface area contributed by atoms with Crippen molar-refractivity contribution in [2.45, 2.75) is 0 Å². The zero-order valence-electron chi connectivity index (χ0n) is 12.2. The summed E-state index contributed by atoms with van der Waals surface area (Å²) in [6.45, 7) is 0. The highest BCUT2D eigenvalue weighted by Crippen LogP contribution is 2.27. The molecule has 1 N–H and O–H groups in total. The monoisotopic (exact) mass is 388 g/mol. The van der Waals surface area contributed by atoms with Gasteiger partial charge in [-0.15, -0.1) is 0 Å². The van der Waals surface area contributed by atoms with Crippen LogP contribution >= 0.6 is 28.1 Å². The number of methoxy groups -OCH3 is 1. The maximum absolute atomic E-state index is 12.7. The third-order valence-electron chi connectivity index (χ3n) is 3.38. The van der Waals surface area contributed by atoms with Crippen LogP contribution in [0.15, 0.2) is 58.7 Å². The number of rotatable bonds is 3. The molecule has 0 radical (unpaired) electrons. The van der Waals surface area contributed by atoms with Crippen molar-refractivity contribution in [2.75, 3.05) is 12.0 Å². The van der Waals surface area contributed by atoms with Gasteiger partial charge in [0, 0.05) is 10.0 Å². The molecule has 0 bridgehead atoms. The second-order valence-corrected chi connectivity index (χ2v) is 6.15. The summed E-state index contributed by atoms with van der Waals surface area (Å²) in [7, 11) is 1.59. The van der Waals surface area contributed by atoms with Crippen molar-refractivity contribution < 1.29 is 9.53 Å². The molecule has 1 aliphatic rings. The maximum Gasteiger partial charge on any atom is 0.281 e. The standard InChI is InChI=1S/C17H13BrN2O2S/c1-22-15-8-7-12(18)9-11(15)10-14-16(21)20(17(23)19-14)13-5-3-2-4-6-13/h2-10H,1H3,(H,19,23)/b14-10+. The minimum absolute atomic E-state index is 0.191. The van der Waals surface area contributed by atoms with E-state index in [1.807, 2.05) is 48.5 Å². The van der Waals surface area contributed by atoms with Gasteiger partial charge in [0.2, 0.25) is 0 Å². The molecule has 1 fully saturated rings. The summed E-state index contributed by atoms with van der Waals surface area (Å²) in [5, 5.41) is 3.33. The first kappa shape index (κ1) is 15.7. The van der Waals surface area contributed by atoms with Gasteiger partial charge < -0.3 is 10.1 Å². The number of carbonyl (C=O) groups is 1. The molecule has 0 unspecified atom stereocenters. The van der Waals surface area contributed by atoms with E-state index in [0.29, 0.717) is 16.6 Å². The number of carbonyl (C=O) groups excluding carboxylic acids is 1. The average molecular weight is 389 g/mol. The van der Waals surface area contributed by atoms with Crippen LogP contribution in [-0.4, -0.2) is 18.1 Å². The molecule has 1 aliphatic heterocycles. The molecule has 4 nitrogen and oxygen atoms in total. The second kappa shape index (κ2) is 6.52. The molecule has 0 aromatic heterocycles. The summed E-state index contributed by atoms with van der Waals surface area (Å²) >= 11 is 8.72. The Morgan fingerprint density at radius 1 is 1.22 bits per heavy atom. The fourth-order valence-corrected chi connectivity index (χ4v) is 3.00. The molecule has 3 rings (SSSR count). The number of nitrogens with zero attached hydrogens (tertiary/aromatic N) is 1. The molecule has 0 spiro atoms. The van der Waals surface area contributed by atoms with Gasteiger partial charge >= 0.3 is 0 Å². The lowest BCUT2D eigenvalue weighted by molar-refractivity contribution is -0.113. The normalized spacial score (nSPS) is 15.9. The molecule has 2 aromatic rings. The lowest BCUT2D eigenvalue weighted by atomic mass is 10.1. The van der Waals surface area contributed by atoms with Crippen LogP contribution in [0.5, 0.6) is 5.75 Å². The Kier molecular flexibility index (Phi) is 4.45. The lowest BCUT2D eigenvalue weighted by Crippen LogP contribution is -2.30. The lowest BCUT2D eigenvalue weighted by Gasteiger charge is -2.13. The number of amides is 1. The Labute approximate surface area is 147 Å². The summed E-state index contributed by atoms with van der Waals surface area (Å²) in [5.74, 6) is 0.489. The van der Waals surface area contributed by atoms with E-state index in [1.165, 1.54) is 4.90 Å². The van der Waals surface area contributed by atoms with E-state index in [1.54, 1.807) is 13.2 Å². The van der Waals surface area contributed by atoms with Gasteiger partial charge in [0.15, 0.2) is 5.11 Å². The van der Waals surface area contributed by atoms with Gasteiger partial charge in [0.25, 0.3) is 5.91 Å². The summed E-state index contributed by atoms with van der Waals surface area (Å²) in [4.78, 5) is 14.1. The first-order valence-electron chi connectivity index (χ1n) is 6.86. The molecule has 1 heterocycles. The molecule has 0 atom stereocenters. The van der Waals surface area contributed by atoms with Gasteiger partial charge in [-0.1, -0.05) is 34.1 Å². The zero-order valence-corrected chi connectivity index (χ0v) is 14.6.